The summed E-state index contributed by atoms with van der Waals surface area (Å²) in [6.07, 6.45) is 5.85. The van der Waals surface area contributed by atoms with Crippen LogP contribution in [0, 0.1) is 6.92 Å². The molecule has 0 saturated heterocycles. The second-order valence-electron chi connectivity index (χ2n) is 1.83. The second kappa shape index (κ2) is 5.35. The molecule has 0 rings (SSSR count). The normalized spacial score (nSPS) is 10.3. The van der Waals surface area contributed by atoms with Crippen LogP contribution in [-0.4, -0.2) is 5.91 Å². The third-order valence-electron chi connectivity index (χ3n) is 0.961. The summed E-state index contributed by atoms with van der Waals surface area (Å²) in [5.74, 6) is -0.229. The van der Waals surface area contributed by atoms with Crippen LogP contribution in [0.3, 0.4) is 0 Å². The second-order valence-corrected chi connectivity index (χ2v) is 1.83. The average Bonchev–Trinajstić information content (AvgIpc) is 1.80. The number of primary amides is 1. The molecular formula is C7H12NO. The fourth-order valence-corrected chi connectivity index (χ4v) is 0.512. The van der Waals surface area contributed by atoms with E-state index in [-0.39, 0.29) is 5.91 Å². The van der Waals surface area contributed by atoms with E-state index in [0.29, 0.717) is 6.42 Å². The van der Waals surface area contributed by atoms with Crippen LogP contribution in [0.25, 0.3) is 0 Å². The van der Waals surface area contributed by atoms with Gasteiger partial charge < -0.3 is 5.73 Å². The number of hydrogen-bond donors (Lipinski definition) is 1. The van der Waals surface area contributed by atoms with Crippen LogP contribution >= 0.6 is 0 Å². The number of carbonyl (C=O) groups is 1. The van der Waals surface area contributed by atoms with Crippen LogP contribution in [0.1, 0.15) is 19.3 Å². The van der Waals surface area contributed by atoms with Crippen LogP contribution < -0.4 is 5.73 Å². The molecule has 0 aromatic heterocycles. The molecule has 0 saturated carbocycles. The Kier molecular flexibility index (Phi) is 4.88. The molecule has 0 aliphatic heterocycles. The van der Waals surface area contributed by atoms with Crippen LogP contribution in [0.15, 0.2) is 12.2 Å². The highest BCUT2D eigenvalue weighted by Gasteiger charge is 1.89. The molecule has 51 valence electrons. The maximum Gasteiger partial charge on any atom is 0.217 e. The van der Waals surface area contributed by atoms with Crippen molar-refractivity contribution in [2.24, 2.45) is 5.73 Å². The summed E-state index contributed by atoms with van der Waals surface area (Å²) < 4.78 is 0. The standard InChI is InChI=1S/C7H12NO/c1-2-3-4-5-6-7(8)9/h2-3H,1,4-6H2,(H2,8,9). The topological polar surface area (TPSA) is 43.1 Å². The fourth-order valence-electron chi connectivity index (χ4n) is 0.512. The third-order valence-corrected chi connectivity index (χ3v) is 0.961. The third kappa shape index (κ3) is 7.21. The van der Waals surface area contributed by atoms with Gasteiger partial charge >= 0.3 is 0 Å². The molecule has 0 unspecified atom stereocenters. The summed E-state index contributed by atoms with van der Waals surface area (Å²) in [7, 11) is 0. The Bertz CT molecular complexity index is 107. The molecule has 9 heavy (non-hydrogen) atoms. The first-order valence-electron chi connectivity index (χ1n) is 3.00. The van der Waals surface area contributed by atoms with E-state index in [1.807, 2.05) is 6.08 Å². The Morgan fingerprint density at radius 3 is 2.78 bits per heavy atom. The lowest BCUT2D eigenvalue weighted by atomic mass is 10.2. The first-order valence-corrected chi connectivity index (χ1v) is 3.00. The van der Waals surface area contributed by atoms with Gasteiger partial charge in [-0.15, -0.1) is 0 Å². The van der Waals surface area contributed by atoms with Crippen molar-refractivity contribution in [1.82, 2.24) is 0 Å². The van der Waals surface area contributed by atoms with Crippen molar-refractivity contribution in [2.75, 3.05) is 0 Å². The first kappa shape index (κ1) is 8.21. The largest absolute Gasteiger partial charge is 0.370 e. The Morgan fingerprint density at radius 1 is 1.67 bits per heavy atom. The van der Waals surface area contributed by atoms with E-state index in [2.05, 4.69) is 6.92 Å². The molecule has 1 amide bonds. The Labute approximate surface area is 55.7 Å². The molecule has 1 radical (unpaired) electrons. The first-order chi connectivity index (χ1) is 4.27. The number of nitrogens with two attached hydrogens (primary N) is 1. The van der Waals surface area contributed by atoms with E-state index < -0.39 is 0 Å². The Hall–Kier alpha value is -0.790. The van der Waals surface area contributed by atoms with Crippen molar-refractivity contribution in [3.05, 3.63) is 19.1 Å². The zero-order valence-corrected chi connectivity index (χ0v) is 5.47. The molecule has 0 atom stereocenters. The van der Waals surface area contributed by atoms with E-state index >= 15 is 0 Å². The molecule has 0 aromatic carbocycles. The van der Waals surface area contributed by atoms with Gasteiger partial charge in [-0.05, 0) is 19.8 Å². The summed E-state index contributed by atoms with van der Waals surface area (Å²) in [5, 5.41) is 0. The highest BCUT2D eigenvalue weighted by molar-refractivity contribution is 5.73. The van der Waals surface area contributed by atoms with Gasteiger partial charge in [0.15, 0.2) is 0 Å². The van der Waals surface area contributed by atoms with Crippen molar-refractivity contribution in [3.63, 3.8) is 0 Å². The van der Waals surface area contributed by atoms with Crippen molar-refractivity contribution in [2.45, 2.75) is 19.3 Å². The average molecular weight is 126 g/mol. The van der Waals surface area contributed by atoms with E-state index in [1.54, 1.807) is 6.08 Å². The molecule has 0 bridgehead atoms. The maximum absolute atomic E-state index is 10.1. The minimum absolute atomic E-state index is 0.229. The van der Waals surface area contributed by atoms with E-state index in [1.165, 1.54) is 0 Å². The Morgan fingerprint density at radius 2 is 2.33 bits per heavy atom. The van der Waals surface area contributed by atoms with Gasteiger partial charge in [-0.1, -0.05) is 12.2 Å². The maximum atomic E-state index is 10.1. The molecule has 0 aliphatic carbocycles. The Balaban J connectivity index is 3.01. The molecule has 0 aliphatic rings. The highest BCUT2D eigenvalue weighted by atomic mass is 16.1. The lowest BCUT2D eigenvalue weighted by Gasteiger charge is -1.89. The predicted octanol–water partition coefficient (Wildman–Crippen LogP) is 1.03. The van der Waals surface area contributed by atoms with Crippen molar-refractivity contribution in [3.8, 4) is 0 Å². The molecule has 0 heterocycles. The van der Waals surface area contributed by atoms with Gasteiger partial charge in [0.25, 0.3) is 0 Å². The number of carbonyl (C=O) groups excluding carboxylic acids is 1. The summed E-state index contributed by atoms with van der Waals surface area (Å²) in [4.78, 5) is 10.1. The van der Waals surface area contributed by atoms with Gasteiger partial charge in [-0.25, -0.2) is 0 Å². The molecule has 2 N–H and O–H groups in total. The zero-order valence-electron chi connectivity index (χ0n) is 5.47. The quantitative estimate of drug-likeness (QED) is 0.562. The molecule has 2 nitrogen and oxygen atoms in total. The monoisotopic (exact) mass is 126 g/mol. The van der Waals surface area contributed by atoms with Gasteiger partial charge in [0.2, 0.25) is 5.91 Å². The van der Waals surface area contributed by atoms with Crippen molar-refractivity contribution in [1.29, 1.82) is 0 Å². The van der Waals surface area contributed by atoms with Gasteiger partial charge in [-0.2, -0.15) is 0 Å². The number of hydrogen-bond acceptors (Lipinski definition) is 1. The lowest BCUT2D eigenvalue weighted by molar-refractivity contribution is -0.118. The molecule has 0 aromatic rings. The number of unbranched alkanes of at least 4 members (excludes halogenated alkanes) is 1. The molecule has 0 spiro atoms. The van der Waals surface area contributed by atoms with Gasteiger partial charge in [0.05, 0.1) is 0 Å². The van der Waals surface area contributed by atoms with Crippen LogP contribution in [0.4, 0.5) is 0 Å². The van der Waals surface area contributed by atoms with Gasteiger partial charge in [-0.3, -0.25) is 4.79 Å². The van der Waals surface area contributed by atoms with E-state index in [0.717, 1.165) is 12.8 Å². The smallest absolute Gasteiger partial charge is 0.217 e. The lowest BCUT2D eigenvalue weighted by Crippen LogP contribution is -2.09. The summed E-state index contributed by atoms with van der Waals surface area (Å²) in [6.45, 7) is 3.51. The molecule has 0 fully saturated rings. The van der Waals surface area contributed by atoms with Gasteiger partial charge in [0, 0.05) is 6.42 Å². The van der Waals surface area contributed by atoms with E-state index in [9.17, 15) is 4.79 Å². The number of amides is 1. The van der Waals surface area contributed by atoms with Crippen molar-refractivity contribution < 1.29 is 4.79 Å². The summed E-state index contributed by atoms with van der Waals surface area (Å²) in [6, 6.07) is 0. The van der Waals surface area contributed by atoms with E-state index in [4.69, 9.17) is 5.73 Å². The predicted molar refractivity (Wildman–Crippen MR) is 37.5 cm³/mol. The minimum Gasteiger partial charge on any atom is -0.370 e. The molecular weight excluding hydrogens is 114 g/mol. The van der Waals surface area contributed by atoms with Crippen LogP contribution in [-0.2, 0) is 4.79 Å². The minimum atomic E-state index is -0.229. The van der Waals surface area contributed by atoms with Crippen LogP contribution in [0.2, 0.25) is 0 Å². The number of rotatable bonds is 4. The highest BCUT2D eigenvalue weighted by Crippen LogP contribution is 1.94. The van der Waals surface area contributed by atoms with Crippen LogP contribution in [0.5, 0.6) is 0 Å². The van der Waals surface area contributed by atoms with Crippen molar-refractivity contribution >= 4 is 5.91 Å². The summed E-state index contributed by atoms with van der Waals surface area (Å²) >= 11 is 0. The number of allylic oxidation sites excluding steroid dienone is 2. The SMILES string of the molecule is [CH2]C=CCCCC(N)=O. The fraction of sp³-hybridized carbons (Fsp3) is 0.429. The molecule has 2 heteroatoms. The zero-order chi connectivity index (χ0) is 7.11. The van der Waals surface area contributed by atoms with Gasteiger partial charge in [0.1, 0.15) is 0 Å². The summed E-state index contributed by atoms with van der Waals surface area (Å²) in [5.41, 5.74) is 4.90.